The Balaban J connectivity index is 4.31. The van der Waals surface area contributed by atoms with Gasteiger partial charge in [-0.15, -0.1) is 0 Å². The quantitative estimate of drug-likeness (QED) is 0.334. The molecule has 5 nitrogen and oxygen atoms in total. The minimum absolute atomic E-state index is 0.0579. The van der Waals surface area contributed by atoms with Crippen LogP contribution in [0.1, 0.15) is 20.8 Å². The number of quaternary nitrogens is 1. The van der Waals surface area contributed by atoms with Crippen molar-refractivity contribution in [2.75, 3.05) is 32.8 Å². The van der Waals surface area contributed by atoms with E-state index in [9.17, 15) is 14.7 Å². The van der Waals surface area contributed by atoms with Crippen molar-refractivity contribution in [3.8, 4) is 0 Å². The average Bonchev–Trinajstić information content (AvgIpc) is 2.26. The van der Waals surface area contributed by atoms with Crippen LogP contribution in [0.5, 0.6) is 0 Å². The summed E-state index contributed by atoms with van der Waals surface area (Å²) in [4.78, 5) is 21.9. The second kappa shape index (κ2) is 7.06. The fraction of sp³-hybridized carbons (Fsp3) is 0.667. The van der Waals surface area contributed by atoms with E-state index in [1.54, 1.807) is 6.92 Å². The predicted molar refractivity (Wildman–Crippen MR) is 61.9 cm³/mol. The molecule has 0 rings (SSSR count). The molecule has 5 heteroatoms. The lowest BCUT2D eigenvalue weighted by atomic mass is 10.3. The fourth-order valence-corrected chi connectivity index (χ4v) is 1.57. The summed E-state index contributed by atoms with van der Waals surface area (Å²) >= 11 is 0. The lowest BCUT2D eigenvalue weighted by Crippen LogP contribution is -2.55. The number of carbonyl (C=O) groups excluding carboxylic acids is 2. The van der Waals surface area contributed by atoms with Crippen molar-refractivity contribution in [3.05, 3.63) is 12.2 Å². The van der Waals surface area contributed by atoms with Crippen LogP contribution in [0.15, 0.2) is 12.2 Å². The van der Waals surface area contributed by atoms with Gasteiger partial charge in [-0.05, 0) is 20.8 Å². The zero-order valence-electron chi connectivity index (χ0n) is 10.8. The third-order valence-corrected chi connectivity index (χ3v) is 2.95. The van der Waals surface area contributed by atoms with Gasteiger partial charge >= 0.3 is 5.97 Å². The van der Waals surface area contributed by atoms with Gasteiger partial charge in [0.25, 0.3) is 0 Å². The SMILES string of the molecule is C=C(C)C(=O)OCC[N+](CC)(CC)CC(=O)[O-]. The van der Waals surface area contributed by atoms with Crippen molar-refractivity contribution in [1.29, 1.82) is 0 Å². The Hall–Kier alpha value is -1.36. The van der Waals surface area contributed by atoms with Crippen LogP contribution in [-0.4, -0.2) is 49.2 Å². The van der Waals surface area contributed by atoms with E-state index < -0.39 is 11.9 Å². The summed E-state index contributed by atoms with van der Waals surface area (Å²) in [5.41, 5.74) is 0.344. The smallest absolute Gasteiger partial charge is 0.333 e. The van der Waals surface area contributed by atoms with Crippen LogP contribution in [-0.2, 0) is 14.3 Å². The number of carboxylic acid groups (broad SMARTS) is 1. The minimum atomic E-state index is -1.08. The van der Waals surface area contributed by atoms with Gasteiger partial charge in [-0.2, -0.15) is 0 Å². The molecular weight excluding hydrogens is 222 g/mol. The highest BCUT2D eigenvalue weighted by Gasteiger charge is 2.23. The Labute approximate surface area is 102 Å². The lowest BCUT2D eigenvalue weighted by molar-refractivity contribution is -0.919. The first-order valence-electron chi connectivity index (χ1n) is 5.74. The number of aliphatic carboxylic acids is 1. The number of nitrogens with zero attached hydrogens (tertiary/aromatic N) is 1. The van der Waals surface area contributed by atoms with Gasteiger partial charge in [0, 0.05) is 5.57 Å². The maximum Gasteiger partial charge on any atom is 0.333 e. The van der Waals surface area contributed by atoms with Gasteiger partial charge in [0.15, 0.2) is 0 Å². The fourth-order valence-electron chi connectivity index (χ4n) is 1.57. The first-order valence-corrected chi connectivity index (χ1v) is 5.74. The first kappa shape index (κ1) is 15.6. The van der Waals surface area contributed by atoms with E-state index in [1.165, 1.54) is 0 Å². The minimum Gasteiger partial charge on any atom is -0.544 e. The van der Waals surface area contributed by atoms with Gasteiger partial charge in [-0.25, -0.2) is 4.79 Å². The topological polar surface area (TPSA) is 66.4 Å². The molecule has 0 aromatic heterocycles. The molecule has 0 amide bonds. The third kappa shape index (κ3) is 5.49. The highest BCUT2D eigenvalue weighted by molar-refractivity contribution is 5.86. The molecular formula is C12H21NO4. The Morgan fingerprint density at radius 1 is 1.29 bits per heavy atom. The van der Waals surface area contributed by atoms with Crippen molar-refractivity contribution in [2.45, 2.75) is 20.8 Å². The maximum atomic E-state index is 11.2. The molecule has 0 radical (unpaired) electrons. The maximum absolute atomic E-state index is 11.2. The summed E-state index contributed by atoms with van der Waals surface area (Å²) in [5.74, 6) is -1.52. The van der Waals surface area contributed by atoms with Crippen LogP contribution >= 0.6 is 0 Å². The molecule has 0 heterocycles. The summed E-state index contributed by atoms with van der Waals surface area (Å²) < 4.78 is 5.33. The monoisotopic (exact) mass is 243 g/mol. The predicted octanol–water partition coefficient (Wildman–Crippen LogP) is -0.288. The normalized spacial score (nSPS) is 11.0. The van der Waals surface area contributed by atoms with E-state index in [0.29, 0.717) is 29.7 Å². The Morgan fingerprint density at radius 2 is 1.82 bits per heavy atom. The molecule has 0 aliphatic heterocycles. The number of likely N-dealkylation sites (N-methyl/N-ethyl adjacent to an activating group) is 1. The number of hydrogen-bond acceptors (Lipinski definition) is 4. The van der Waals surface area contributed by atoms with Gasteiger partial charge in [0.2, 0.25) is 0 Å². The Morgan fingerprint density at radius 3 is 2.18 bits per heavy atom. The summed E-state index contributed by atoms with van der Waals surface area (Å²) in [5, 5.41) is 10.7. The zero-order valence-corrected chi connectivity index (χ0v) is 10.8. The molecule has 0 spiro atoms. The van der Waals surface area contributed by atoms with E-state index in [-0.39, 0.29) is 13.2 Å². The molecule has 0 aliphatic carbocycles. The van der Waals surface area contributed by atoms with E-state index in [0.717, 1.165) is 0 Å². The summed E-state index contributed by atoms with van der Waals surface area (Å²) in [6, 6.07) is 0. The molecule has 0 aromatic rings. The molecule has 0 atom stereocenters. The Bertz CT molecular complexity index is 295. The second-order valence-corrected chi connectivity index (χ2v) is 4.14. The molecule has 0 N–H and O–H groups in total. The second-order valence-electron chi connectivity index (χ2n) is 4.14. The van der Waals surface area contributed by atoms with E-state index in [4.69, 9.17) is 4.74 Å². The molecule has 0 saturated carbocycles. The molecule has 0 unspecified atom stereocenters. The molecule has 0 bridgehead atoms. The third-order valence-electron chi connectivity index (χ3n) is 2.95. The van der Waals surface area contributed by atoms with Gasteiger partial charge in [-0.1, -0.05) is 6.58 Å². The molecule has 0 aliphatic rings. The standard InChI is InChI=1S/C12H21NO4/c1-5-13(6-2,9-11(14)15)7-8-17-12(16)10(3)4/h3,5-9H2,1-2,4H3. The number of esters is 1. The molecule has 17 heavy (non-hydrogen) atoms. The van der Waals surface area contributed by atoms with Crippen molar-refractivity contribution >= 4 is 11.9 Å². The van der Waals surface area contributed by atoms with E-state index >= 15 is 0 Å². The highest BCUT2D eigenvalue weighted by atomic mass is 16.5. The highest BCUT2D eigenvalue weighted by Crippen LogP contribution is 2.06. The van der Waals surface area contributed by atoms with Gasteiger partial charge in [0.05, 0.1) is 19.1 Å². The largest absolute Gasteiger partial charge is 0.544 e. The van der Waals surface area contributed by atoms with Gasteiger partial charge in [0.1, 0.15) is 19.7 Å². The summed E-state index contributed by atoms with van der Waals surface area (Å²) in [6.45, 7) is 10.8. The number of rotatable bonds is 8. The number of ether oxygens (including phenoxy) is 1. The van der Waals surface area contributed by atoms with Crippen molar-refractivity contribution < 1.29 is 23.9 Å². The van der Waals surface area contributed by atoms with Crippen molar-refractivity contribution in [1.82, 2.24) is 0 Å². The zero-order chi connectivity index (χ0) is 13.5. The van der Waals surface area contributed by atoms with Crippen molar-refractivity contribution in [2.24, 2.45) is 0 Å². The van der Waals surface area contributed by atoms with Gasteiger partial charge in [-0.3, -0.25) is 0 Å². The van der Waals surface area contributed by atoms with Crippen LogP contribution in [0.25, 0.3) is 0 Å². The molecule has 98 valence electrons. The average molecular weight is 243 g/mol. The van der Waals surface area contributed by atoms with Crippen LogP contribution < -0.4 is 5.11 Å². The number of hydrogen-bond donors (Lipinski definition) is 0. The number of carboxylic acids is 1. The van der Waals surface area contributed by atoms with Gasteiger partial charge < -0.3 is 19.1 Å². The van der Waals surface area contributed by atoms with E-state index in [2.05, 4.69) is 6.58 Å². The van der Waals surface area contributed by atoms with Crippen molar-refractivity contribution in [3.63, 3.8) is 0 Å². The lowest BCUT2D eigenvalue weighted by Gasteiger charge is -2.36. The van der Waals surface area contributed by atoms with Crippen LogP contribution in [0.2, 0.25) is 0 Å². The molecule has 0 saturated heterocycles. The first-order chi connectivity index (χ1) is 7.87. The van der Waals surface area contributed by atoms with Crippen LogP contribution in [0.4, 0.5) is 0 Å². The van der Waals surface area contributed by atoms with Crippen LogP contribution in [0, 0.1) is 0 Å². The number of carbonyl (C=O) groups is 2. The molecule has 0 fully saturated rings. The van der Waals surface area contributed by atoms with Crippen LogP contribution in [0.3, 0.4) is 0 Å². The molecule has 0 aromatic carbocycles. The Kier molecular flexibility index (Phi) is 6.50. The summed E-state index contributed by atoms with van der Waals surface area (Å²) in [7, 11) is 0. The summed E-state index contributed by atoms with van der Waals surface area (Å²) in [6.07, 6.45) is 0. The van der Waals surface area contributed by atoms with E-state index in [1.807, 2.05) is 13.8 Å².